The average molecular weight is 489 g/mol. The third-order valence-electron chi connectivity index (χ3n) is 6.77. The second-order valence-electron chi connectivity index (χ2n) is 9.34. The maximum atomic E-state index is 15.0. The number of nitrogens with one attached hydrogen (secondary N) is 1. The van der Waals surface area contributed by atoms with Gasteiger partial charge in [0.1, 0.15) is 12.4 Å². The Labute approximate surface area is 203 Å². The summed E-state index contributed by atoms with van der Waals surface area (Å²) in [6.45, 7) is 3.82. The molecule has 0 saturated carbocycles. The summed E-state index contributed by atoms with van der Waals surface area (Å²) >= 11 is 0. The molecule has 3 aromatic rings. The molecule has 0 bridgehead atoms. The molecule has 1 unspecified atom stereocenters. The van der Waals surface area contributed by atoms with Crippen molar-refractivity contribution in [2.45, 2.75) is 44.7 Å². The summed E-state index contributed by atoms with van der Waals surface area (Å²) in [5.74, 6) is -4.33. The first-order valence-corrected chi connectivity index (χ1v) is 11.7. The molecule has 35 heavy (non-hydrogen) atoms. The van der Waals surface area contributed by atoms with Gasteiger partial charge in [-0.2, -0.15) is 13.9 Å². The minimum atomic E-state index is -3.67. The van der Waals surface area contributed by atoms with E-state index in [0.717, 1.165) is 43.1 Å². The largest absolute Gasteiger partial charge is 0.390 e. The summed E-state index contributed by atoms with van der Waals surface area (Å²) in [7, 11) is 4.20. The summed E-state index contributed by atoms with van der Waals surface area (Å²) in [5, 5.41) is 21.3. The average Bonchev–Trinajstić information content (AvgIpc) is 2.85. The van der Waals surface area contributed by atoms with Crippen LogP contribution < -0.4 is 10.2 Å². The van der Waals surface area contributed by atoms with Crippen LogP contribution in [0, 0.1) is 12.7 Å². The van der Waals surface area contributed by atoms with Gasteiger partial charge in [-0.05, 0) is 52.9 Å². The van der Waals surface area contributed by atoms with Gasteiger partial charge in [-0.3, -0.25) is 4.98 Å². The maximum Gasteiger partial charge on any atom is 0.298 e. The van der Waals surface area contributed by atoms with Crippen molar-refractivity contribution in [2.75, 3.05) is 44.0 Å². The number of aryl methyl sites for hydroxylation is 1. The Morgan fingerprint density at radius 3 is 2.60 bits per heavy atom. The number of nitrogens with zero attached hydrogens (tertiary/aromatic N) is 5. The smallest absolute Gasteiger partial charge is 0.298 e. The van der Waals surface area contributed by atoms with E-state index in [2.05, 4.69) is 44.4 Å². The van der Waals surface area contributed by atoms with Crippen LogP contribution in [0.4, 0.5) is 24.7 Å². The lowest BCUT2D eigenvalue weighted by Gasteiger charge is -2.36. The fourth-order valence-electron chi connectivity index (χ4n) is 4.60. The van der Waals surface area contributed by atoms with E-state index in [1.165, 1.54) is 12.1 Å². The highest BCUT2D eigenvalue weighted by atomic mass is 19.3. The molecule has 0 amide bonds. The Morgan fingerprint density at radius 1 is 1.23 bits per heavy atom. The predicted octanol–water partition coefficient (Wildman–Crippen LogP) is 4.26. The lowest BCUT2D eigenvalue weighted by molar-refractivity contribution is -0.0583. The molecule has 1 aliphatic rings. The zero-order valence-corrected chi connectivity index (χ0v) is 20.4. The SMILES string of the molecule is Cc1nnc(NC(C)c2cccc(C(F)(F)CO)c2F)c2cc(N3CCC(N(C)C)CC3)cnc12. The molecule has 2 N–H and O–H groups in total. The standard InChI is InChI=1S/C25H31F3N6O/c1-15(19-6-5-7-21(22(19)26)25(27,28)14-35)30-24-20-12-18(13-29-23(20)16(2)31-32-24)34-10-8-17(9-11-34)33(3)4/h5-7,12-13,15,17,35H,8-11,14H2,1-4H3,(H,30,32). The van der Waals surface area contributed by atoms with E-state index in [1.807, 2.05) is 19.2 Å². The third-order valence-corrected chi connectivity index (χ3v) is 6.77. The van der Waals surface area contributed by atoms with E-state index < -0.39 is 30.0 Å². The molecule has 188 valence electrons. The van der Waals surface area contributed by atoms with Gasteiger partial charge in [-0.25, -0.2) is 4.39 Å². The Hall–Kier alpha value is -2.98. The number of aliphatic hydroxyl groups excluding tert-OH is 1. The van der Waals surface area contributed by atoms with E-state index in [-0.39, 0.29) is 5.56 Å². The number of benzene rings is 1. The number of hydrogen-bond acceptors (Lipinski definition) is 7. The van der Waals surface area contributed by atoms with Gasteiger partial charge < -0.3 is 20.2 Å². The topological polar surface area (TPSA) is 77.4 Å². The van der Waals surface area contributed by atoms with Crippen LogP contribution in [0.3, 0.4) is 0 Å². The van der Waals surface area contributed by atoms with Crippen molar-refractivity contribution in [3.63, 3.8) is 0 Å². The number of aliphatic hydroxyl groups is 1. The van der Waals surface area contributed by atoms with Crippen LogP contribution >= 0.6 is 0 Å². The molecule has 1 aromatic carbocycles. The second-order valence-corrected chi connectivity index (χ2v) is 9.34. The van der Waals surface area contributed by atoms with Gasteiger partial charge in [0.05, 0.1) is 34.7 Å². The number of rotatable bonds is 7. The van der Waals surface area contributed by atoms with Crippen molar-refractivity contribution in [3.8, 4) is 0 Å². The number of piperidine rings is 1. The first kappa shape index (κ1) is 25.1. The van der Waals surface area contributed by atoms with Gasteiger partial charge in [0.15, 0.2) is 5.82 Å². The zero-order chi connectivity index (χ0) is 25.3. The number of anilines is 2. The van der Waals surface area contributed by atoms with E-state index in [4.69, 9.17) is 5.11 Å². The molecule has 1 aliphatic heterocycles. The van der Waals surface area contributed by atoms with Gasteiger partial charge in [0.25, 0.3) is 5.92 Å². The maximum absolute atomic E-state index is 15.0. The number of halogens is 3. The molecule has 0 radical (unpaired) electrons. The van der Waals surface area contributed by atoms with Crippen LogP contribution in [0.5, 0.6) is 0 Å². The summed E-state index contributed by atoms with van der Waals surface area (Å²) < 4.78 is 43.0. The Balaban J connectivity index is 1.64. The van der Waals surface area contributed by atoms with E-state index in [9.17, 15) is 13.2 Å². The summed E-state index contributed by atoms with van der Waals surface area (Å²) in [5.41, 5.74) is 1.50. The molecule has 7 nitrogen and oxygen atoms in total. The number of hydrogen-bond donors (Lipinski definition) is 2. The van der Waals surface area contributed by atoms with Crippen LogP contribution in [-0.4, -0.2) is 65.0 Å². The first-order chi connectivity index (χ1) is 16.6. The summed E-state index contributed by atoms with van der Waals surface area (Å²) in [4.78, 5) is 9.17. The van der Waals surface area contributed by atoms with E-state index in [1.54, 1.807) is 6.92 Å². The highest BCUT2D eigenvalue weighted by Gasteiger charge is 2.35. The van der Waals surface area contributed by atoms with E-state index >= 15 is 0 Å². The Morgan fingerprint density at radius 2 is 1.94 bits per heavy atom. The van der Waals surface area contributed by atoms with Gasteiger partial charge >= 0.3 is 0 Å². The molecule has 1 atom stereocenters. The fourth-order valence-corrected chi connectivity index (χ4v) is 4.60. The zero-order valence-electron chi connectivity index (χ0n) is 20.4. The molecule has 1 fully saturated rings. The number of alkyl halides is 2. The van der Waals surface area contributed by atoms with Gasteiger partial charge in [-0.15, -0.1) is 5.10 Å². The molecule has 0 spiro atoms. The lowest BCUT2D eigenvalue weighted by Crippen LogP contribution is -2.42. The van der Waals surface area contributed by atoms with E-state index in [0.29, 0.717) is 23.1 Å². The Kier molecular flexibility index (Phi) is 7.14. The molecule has 2 aromatic heterocycles. The quantitative estimate of drug-likeness (QED) is 0.515. The van der Waals surface area contributed by atoms with Crippen LogP contribution in [0.15, 0.2) is 30.5 Å². The Bertz CT molecular complexity index is 1200. The lowest BCUT2D eigenvalue weighted by atomic mass is 10.00. The predicted molar refractivity (Wildman–Crippen MR) is 130 cm³/mol. The molecule has 1 saturated heterocycles. The van der Waals surface area contributed by atoms with Gasteiger partial charge in [-0.1, -0.05) is 12.1 Å². The van der Waals surface area contributed by atoms with Crippen molar-refractivity contribution in [1.82, 2.24) is 20.1 Å². The van der Waals surface area contributed by atoms with Crippen LogP contribution in [0.1, 0.15) is 42.6 Å². The van der Waals surface area contributed by atoms with Crippen molar-refractivity contribution >= 4 is 22.4 Å². The highest BCUT2D eigenvalue weighted by Crippen LogP contribution is 2.34. The second kappa shape index (κ2) is 9.94. The van der Waals surface area contributed by atoms with Crippen LogP contribution in [0.25, 0.3) is 10.9 Å². The molecule has 0 aliphatic carbocycles. The normalized spacial score (nSPS) is 16.2. The molecular formula is C25H31F3N6O. The molecule has 4 rings (SSSR count). The van der Waals surface area contributed by atoms with Crippen molar-refractivity contribution in [1.29, 1.82) is 0 Å². The van der Waals surface area contributed by atoms with Crippen molar-refractivity contribution in [3.05, 3.63) is 53.1 Å². The summed E-state index contributed by atoms with van der Waals surface area (Å²) in [6, 6.07) is 5.64. The first-order valence-electron chi connectivity index (χ1n) is 11.7. The highest BCUT2D eigenvalue weighted by molar-refractivity contribution is 5.92. The summed E-state index contributed by atoms with van der Waals surface area (Å²) in [6.07, 6.45) is 3.93. The van der Waals surface area contributed by atoms with Gasteiger partial charge in [0.2, 0.25) is 0 Å². The number of pyridine rings is 1. The minimum absolute atomic E-state index is 0.0426. The molecule has 10 heteroatoms. The van der Waals surface area contributed by atoms with Crippen molar-refractivity contribution < 1.29 is 18.3 Å². The number of aromatic nitrogens is 3. The monoisotopic (exact) mass is 488 g/mol. The van der Waals surface area contributed by atoms with Crippen LogP contribution in [0.2, 0.25) is 0 Å². The fraction of sp³-hybridized carbons (Fsp3) is 0.480. The number of fused-ring (bicyclic) bond motifs is 1. The van der Waals surface area contributed by atoms with Crippen molar-refractivity contribution in [2.24, 2.45) is 0 Å². The molecular weight excluding hydrogens is 457 g/mol. The van der Waals surface area contributed by atoms with Gasteiger partial charge in [0, 0.05) is 30.1 Å². The van der Waals surface area contributed by atoms with Crippen LogP contribution in [-0.2, 0) is 5.92 Å². The minimum Gasteiger partial charge on any atom is -0.390 e. The third kappa shape index (κ3) is 5.04. The molecule has 3 heterocycles.